The van der Waals surface area contributed by atoms with E-state index in [4.69, 9.17) is 11.6 Å². The molecule has 0 radical (unpaired) electrons. The topological polar surface area (TPSA) is 34.9 Å². The Kier molecular flexibility index (Phi) is 4.05. The lowest BCUT2D eigenvalue weighted by atomic mass is 10.0. The minimum atomic E-state index is 0.582. The van der Waals surface area contributed by atoms with E-state index in [9.17, 15) is 4.79 Å². The van der Waals surface area contributed by atoms with Gasteiger partial charge in [0.05, 0.1) is 10.6 Å². The zero-order chi connectivity index (χ0) is 14.0. The van der Waals surface area contributed by atoms with Crippen LogP contribution in [0.4, 0.5) is 0 Å². The van der Waals surface area contributed by atoms with Gasteiger partial charge in [-0.05, 0) is 43.5 Å². The van der Waals surface area contributed by atoms with Crippen molar-refractivity contribution in [3.05, 3.63) is 40.0 Å². The van der Waals surface area contributed by atoms with Crippen LogP contribution in [0, 0.1) is 13.8 Å². The molecule has 1 heterocycles. The van der Waals surface area contributed by atoms with Crippen molar-refractivity contribution in [2.75, 3.05) is 0 Å². The number of benzene rings is 1. The molecule has 1 aromatic heterocycles. The van der Waals surface area contributed by atoms with E-state index >= 15 is 0 Å². The third-order valence-electron chi connectivity index (χ3n) is 3.21. The Hall–Kier alpha value is -1.61. The molecule has 0 N–H and O–H groups in total. The fourth-order valence-corrected chi connectivity index (χ4v) is 2.35. The molecule has 0 fully saturated rings. The molecule has 0 aliphatic carbocycles. The third kappa shape index (κ3) is 2.71. The molecular weight excluding hydrogens is 260 g/mol. The van der Waals surface area contributed by atoms with Crippen molar-refractivity contribution >= 4 is 17.9 Å². The van der Waals surface area contributed by atoms with E-state index in [1.165, 1.54) is 0 Å². The highest BCUT2D eigenvalue weighted by Gasteiger charge is 2.14. The summed E-state index contributed by atoms with van der Waals surface area (Å²) in [4.78, 5) is 11.2. The first kappa shape index (κ1) is 13.8. The molecule has 2 rings (SSSR count). The molecule has 0 bridgehead atoms. The van der Waals surface area contributed by atoms with Crippen molar-refractivity contribution < 1.29 is 4.79 Å². The average molecular weight is 277 g/mol. The summed E-state index contributed by atoms with van der Waals surface area (Å²) in [7, 11) is 0. The van der Waals surface area contributed by atoms with Gasteiger partial charge in [0.2, 0.25) is 0 Å². The number of nitrogens with zero attached hydrogens (tertiary/aromatic N) is 2. The lowest BCUT2D eigenvalue weighted by Gasteiger charge is -2.07. The van der Waals surface area contributed by atoms with Gasteiger partial charge in [-0.15, -0.1) is 0 Å². The van der Waals surface area contributed by atoms with Crippen LogP contribution in [-0.4, -0.2) is 16.1 Å². The lowest BCUT2D eigenvalue weighted by molar-refractivity contribution is 0.112. The molecule has 0 amide bonds. The highest BCUT2D eigenvalue weighted by atomic mass is 35.5. The van der Waals surface area contributed by atoms with Gasteiger partial charge in [0, 0.05) is 18.3 Å². The Morgan fingerprint density at radius 3 is 2.63 bits per heavy atom. The maximum Gasteiger partial charge on any atom is 0.153 e. The SMILES string of the molecule is CCCn1cc(C=O)c(-c2cc(C)c(C)cc2Cl)n1. The summed E-state index contributed by atoms with van der Waals surface area (Å²) in [6.45, 7) is 6.91. The monoisotopic (exact) mass is 276 g/mol. The van der Waals surface area contributed by atoms with Gasteiger partial charge in [0.1, 0.15) is 5.69 Å². The molecule has 100 valence electrons. The number of aldehydes is 1. The molecule has 4 heteroatoms. The first-order valence-electron chi connectivity index (χ1n) is 6.36. The highest BCUT2D eigenvalue weighted by molar-refractivity contribution is 6.33. The number of carbonyl (C=O) groups is 1. The maximum atomic E-state index is 11.2. The van der Waals surface area contributed by atoms with Crippen molar-refractivity contribution in [3.63, 3.8) is 0 Å². The standard InChI is InChI=1S/C15H17ClN2O/c1-4-5-18-8-12(9-19)15(17-18)13-6-10(2)11(3)7-14(13)16/h6-9H,4-5H2,1-3H3. The molecular formula is C15H17ClN2O. The first-order chi connectivity index (χ1) is 9.06. The van der Waals surface area contributed by atoms with Crippen LogP contribution in [0.15, 0.2) is 18.3 Å². The number of aromatic nitrogens is 2. The summed E-state index contributed by atoms with van der Waals surface area (Å²) in [6, 6.07) is 3.91. The average Bonchev–Trinajstić information content (AvgIpc) is 2.77. The molecule has 0 aliphatic rings. The zero-order valence-electron chi connectivity index (χ0n) is 11.4. The van der Waals surface area contributed by atoms with Gasteiger partial charge in [-0.3, -0.25) is 9.48 Å². The number of carbonyl (C=O) groups excluding carboxylic acids is 1. The fourth-order valence-electron chi connectivity index (χ4n) is 2.04. The third-order valence-corrected chi connectivity index (χ3v) is 3.52. The molecule has 0 spiro atoms. The van der Waals surface area contributed by atoms with Crippen molar-refractivity contribution in [2.24, 2.45) is 0 Å². The minimum absolute atomic E-state index is 0.582. The van der Waals surface area contributed by atoms with Crippen LogP contribution in [0.2, 0.25) is 5.02 Å². The summed E-state index contributed by atoms with van der Waals surface area (Å²) in [5.74, 6) is 0. The smallest absolute Gasteiger partial charge is 0.153 e. The lowest BCUT2D eigenvalue weighted by Crippen LogP contribution is -1.97. The minimum Gasteiger partial charge on any atom is -0.298 e. The predicted molar refractivity (Wildman–Crippen MR) is 77.8 cm³/mol. The largest absolute Gasteiger partial charge is 0.298 e. The van der Waals surface area contributed by atoms with Crippen molar-refractivity contribution in [1.29, 1.82) is 0 Å². The fraction of sp³-hybridized carbons (Fsp3) is 0.333. The van der Waals surface area contributed by atoms with E-state index in [2.05, 4.69) is 12.0 Å². The number of hydrogen-bond donors (Lipinski definition) is 0. The van der Waals surface area contributed by atoms with E-state index in [0.29, 0.717) is 16.3 Å². The van der Waals surface area contributed by atoms with Crippen molar-refractivity contribution in [3.8, 4) is 11.3 Å². The van der Waals surface area contributed by atoms with Crippen LogP contribution in [0.5, 0.6) is 0 Å². The molecule has 2 aromatic rings. The molecule has 1 aromatic carbocycles. The maximum absolute atomic E-state index is 11.2. The number of hydrogen-bond acceptors (Lipinski definition) is 2. The second-order valence-electron chi connectivity index (χ2n) is 4.73. The number of halogens is 1. The van der Waals surface area contributed by atoms with Crippen LogP contribution in [-0.2, 0) is 6.54 Å². The Bertz CT molecular complexity index is 617. The molecule has 0 atom stereocenters. The molecule has 0 saturated heterocycles. The van der Waals surface area contributed by atoms with Gasteiger partial charge in [-0.1, -0.05) is 18.5 Å². The van der Waals surface area contributed by atoms with E-state index in [-0.39, 0.29) is 0 Å². The quantitative estimate of drug-likeness (QED) is 0.790. The Balaban J connectivity index is 2.57. The van der Waals surface area contributed by atoms with E-state index < -0.39 is 0 Å². The van der Waals surface area contributed by atoms with Crippen LogP contribution >= 0.6 is 11.6 Å². The van der Waals surface area contributed by atoms with Gasteiger partial charge in [-0.25, -0.2) is 0 Å². The molecule has 19 heavy (non-hydrogen) atoms. The van der Waals surface area contributed by atoms with E-state index in [0.717, 1.165) is 35.9 Å². The molecule has 0 aliphatic heterocycles. The zero-order valence-corrected chi connectivity index (χ0v) is 12.2. The summed E-state index contributed by atoms with van der Waals surface area (Å²) >= 11 is 6.29. The molecule has 0 saturated carbocycles. The Morgan fingerprint density at radius 1 is 1.32 bits per heavy atom. The second kappa shape index (κ2) is 5.57. The number of aryl methyl sites for hydroxylation is 3. The van der Waals surface area contributed by atoms with Crippen LogP contribution in [0.25, 0.3) is 11.3 Å². The summed E-state index contributed by atoms with van der Waals surface area (Å²) in [5.41, 5.74) is 4.34. The summed E-state index contributed by atoms with van der Waals surface area (Å²) in [6.07, 6.45) is 3.58. The molecule has 3 nitrogen and oxygen atoms in total. The van der Waals surface area contributed by atoms with Gasteiger partial charge in [0.15, 0.2) is 6.29 Å². The van der Waals surface area contributed by atoms with Gasteiger partial charge in [-0.2, -0.15) is 5.10 Å². The Labute approximate surface area is 118 Å². The van der Waals surface area contributed by atoms with E-state index in [1.54, 1.807) is 10.9 Å². The second-order valence-corrected chi connectivity index (χ2v) is 5.14. The van der Waals surface area contributed by atoms with Crippen LogP contribution in [0.3, 0.4) is 0 Å². The van der Waals surface area contributed by atoms with E-state index in [1.807, 2.05) is 26.0 Å². The Morgan fingerprint density at radius 2 is 2.00 bits per heavy atom. The van der Waals surface area contributed by atoms with Gasteiger partial charge < -0.3 is 0 Å². The first-order valence-corrected chi connectivity index (χ1v) is 6.74. The molecule has 0 unspecified atom stereocenters. The van der Waals surface area contributed by atoms with Gasteiger partial charge in [0.25, 0.3) is 0 Å². The summed E-state index contributed by atoms with van der Waals surface area (Å²) in [5, 5.41) is 5.11. The predicted octanol–water partition coefficient (Wildman–Crippen LogP) is 4.04. The van der Waals surface area contributed by atoms with Crippen LogP contribution in [0.1, 0.15) is 34.8 Å². The summed E-state index contributed by atoms with van der Waals surface area (Å²) < 4.78 is 1.80. The number of rotatable bonds is 4. The van der Waals surface area contributed by atoms with Crippen LogP contribution < -0.4 is 0 Å². The van der Waals surface area contributed by atoms with Gasteiger partial charge >= 0.3 is 0 Å². The highest BCUT2D eigenvalue weighted by Crippen LogP contribution is 2.31. The van der Waals surface area contributed by atoms with Crippen molar-refractivity contribution in [2.45, 2.75) is 33.7 Å². The normalized spacial score (nSPS) is 10.7. The van der Waals surface area contributed by atoms with Crippen molar-refractivity contribution in [1.82, 2.24) is 9.78 Å².